The topological polar surface area (TPSA) is 52.6 Å². The molecule has 0 saturated carbocycles. The van der Waals surface area contributed by atoms with E-state index in [1.165, 1.54) is 6.08 Å². The van der Waals surface area contributed by atoms with Crippen LogP contribution < -0.4 is 0 Å². The van der Waals surface area contributed by atoms with E-state index < -0.39 is 11.9 Å². The fraction of sp³-hybridized carbons (Fsp3) is 0.333. The number of hydrogen-bond donors (Lipinski definition) is 0. The first-order chi connectivity index (χ1) is 9.08. The van der Waals surface area contributed by atoms with Gasteiger partial charge in [0.1, 0.15) is 5.57 Å². The van der Waals surface area contributed by atoms with Gasteiger partial charge in [-0.1, -0.05) is 29.8 Å². The molecule has 0 N–H and O–H groups in total. The maximum absolute atomic E-state index is 11.8. The summed E-state index contributed by atoms with van der Waals surface area (Å²) in [5.41, 5.74) is 1.71. The standard InChI is InChI=1S/C15H18O4/c1-4-18-14(16)13(15(17)19-5-2)10-12-8-6-7-11(3)9-12/h6-10H,4-5H2,1-3H3. The average Bonchev–Trinajstić information content (AvgIpc) is 2.36. The third-order valence-corrected chi connectivity index (χ3v) is 2.34. The highest BCUT2D eigenvalue weighted by Gasteiger charge is 2.20. The molecule has 1 aromatic carbocycles. The quantitative estimate of drug-likeness (QED) is 0.354. The summed E-state index contributed by atoms with van der Waals surface area (Å²) in [7, 11) is 0. The van der Waals surface area contributed by atoms with Gasteiger partial charge in [-0.05, 0) is 32.4 Å². The van der Waals surface area contributed by atoms with Gasteiger partial charge in [-0.15, -0.1) is 0 Å². The van der Waals surface area contributed by atoms with Gasteiger partial charge >= 0.3 is 11.9 Å². The molecule has 0 aliphatic rings. The van der Waals surface area contributed by atoms with Crippen molar-refractivity contribution >= 4 is 18.0 Å². The Hall–Kier alpha value is -2.10. The van der Waals surface area contributed by atoms with E-state index in [9.17, 15) is 9.59 Å². The molecule has 0 aromatic heterocycles. The normalized spacial score (nSPS) is 9.63. The lowest BCUT2D eigenvalue weighted by atomic mass is 10.1. The van der Waals surface area contributed by atoms with Crippen LogP contribution >= 0.6 is 0 Å². The molecule has 4 nitrogen and oxygen atoms in total. The van der Waals surface area contributed by atoms with Gasteiger partial charge in [0.05, 0.1) is 13.2 Å². The summed E-state index contributed by atoms with van der Waals surface area (Å²) in [6.45, 7) is 5.74. The van der Waals surface area contributed by atoms with Gasteiger partial charge in [-0.3, -0.25) is 0 Å². The molecule has 0 heterocycles. The molecule has 0 aliphatic carbocycles. The van der Waals surface area contributed by atoms with E-state index in [0.29, 0.717) is 0 Å². The van der Waals surface area contributed by atoms with Crippen LogP contribution in [0.2, 0.25) is 0 Å². The monoisotopic (exact) mass is 262 g/mol. The third-order valence-electron chi connectivity index (χ3n) is 2.34. The van der Waals surface area contributed by atoms with E-state index in [-0.39, 0.29) is 18.8 Å². The number of esters is 2. The SMILES string of the molecule is CCOC(=O)C(=Cc1cccc(C)c1)C(=O)OCC. The van der Waals surface area contributed by atoms with E-state index >= 15 is 0 Å². The van der Waals surface area contributed by atoms with Crippen LogP contribution in [0.3, 0.4) is 0 Å². The van der Waals surface area contributed by atoms with Gasteiger partial charge in [-0.25, -0.2) is 9.59 Å². The van der Waals surface area contributed by atoms with Crippen molar-refractivity contribution in [2.75, 3.05) is 13.2 Å². The zero-order valence-electron chi connectivity index (χ0n) is 11.4. The molecule has 0 fully saturated rings. The van der Waals surface area contributed by atoms with Crippen LogP contribution in [0.4, 0.5) is 0 Å². The second-order valence-corrected chi connectivity index (χ2v) is 3.91. The van der Waals surface area contributed by atoms with E-state index in [4.69, 9.17) is 9.47 Å². The fourth-order valence-electron chi connectivity index (χ4n) is 1.55. The molecule has 0 radical (unpaired) electrons. The van der Waals surface area contributed by atoms with E-state index in [1.54, 1.807) is 13.8 Å². The number of hydrogen-bond acceptors (Lipinski definition) is 4. The van der Waals surface area contributed by atoms with Crippen LogP contribution in [-0.2, 0) is 19.1 Å². The average molecular weight is 262 g/mol. The summed E-state index contributed by atoms with van der Waals surface area (Å²) in [4.78, 5) is 23.5. The largest absolute Gasteiger partial charge is 0.462 e. The number of ether oxygens (including phenoxy) is 2. The first-order valence-electron chi connectivity index (χ1n) is 6.21. The summed E-state index contributed by atoms with van der Waals surface area (Å²) in [5.74, 6) is -1.33. The van der Waals surface area contributed by atoms with Gasteiger partial charge < -0.3 is 9.47 Å². The minimum atomic E-state index is -0.664. The van der Waals surface area contributed by atoms with Gasteiger partial charge in [0.25, 0.3) is 0 Å². The van der Waals surface area contributed by atoms with Crippen molar-refractivity contribution < 1.29 is 19.1 Å². The van der Waals surface area contributed by atoms with Gasteiger partial charge in [-0.2, -0.15) is 0 Å². The summed E-state index contributed by atoms with van der Waals surface area (Å²) in [6, 6.07) is 7.48. The molecule has 0 aliphatic heterocycles. The van der Waals surface area contributed by atoms with Gasteiger partial charge in [0.2, 0.25) is 0 Å². The molecule has 0 spiro atoms. The fourth-order valence-corrected chi connectivity index (χ4v) is 1.55. The molecule has 0 amide bonds. The Morgan fingerprint density at radius 3 is 2.16 bits per heavy atom. The third kappa shape index (κ3) is 4.58. The summed E-state index contributed by atoms with van der Waals surface area (Å²) in [5, 5.41) is 0. The van der Waals surface area contributed by atoms with Crippen molar-refractivity contribution in [2.24, 2.45) is 0 Å². The van der Waals surface area contributed by atoms with Gasteiger partial charge in [0, 0.05) is 0 Å². The Bertz CT molecular complexity index is 469. The van der Waals surface area contributed by atoms with Crippen molar-refractivity contribution in [2.45, 2.75) is 20.8 Å². The zero-order valence-corrected chi connectivity index (χ0v) is 11.4. The molecule has 0 saturated heterocycles. The predicted octanol–water partition coefficient (Wildman–Crippen LogP) is 2.50. The molecule has 0 atom stereocenters. The molecule has 102 valence electrons. The van der Waals surface area contributed by atoms with E-state index in [2.05, 4.69) is 0 Å². The predicted molar refractivity (Wildman–Crippen MR) is 72.4 cm³/mol. The lowest BCUT2D eigenvalue weighted by Crippen LogP contribution is -2.18. The van der Waals surface area contributed by atoms with Crippen LogP contribution in [0.15, 0.2) is 29.8 Å². The summed E-state index contributed by atoms with van der Waals surface area (Å²) in [6.07, 6.45) is 1.49. The maximum atomic E-state index is 11.8. The molecule has 0 unspecified atom stereocenters. The first-order valence-corrected chi connectivity index (χ1v) is 6.21. The van der Waals surface area contributed by atoms with Crippen LogP contribution in [0.1, 0.15) is 25.0 Å². The molecule has 4 heteroatoms. The molecule has 1 aromatic rings. The molecule has 1 rings (SSSR count). The molecular formula is C15H18O4. The van der Waals surface area contributed by atoms with Crippen LogP contribution in [0, 0.1) is 6.92 Å². The van der Waals surface area contributed by atoms with Crippen LogP contribution in [0.25, 0.3) is 6.08 Å². The van der Waals surface area contributed by atoms with Gasteiger partial charge in [0.15, 0.2) is 0 Å². The second-order valence-electron chi connectivity index (χ2n) is 3.91. The Morgan fingerprint density at radius 1 is 1.11 bits per heavy atom. The van der Waals surface area contributed by atoms with Crippen LogP contribution in [0.5, 0.6) is 0 Å². The van der Waals surface area contributed by atoms with Crippen LogP contribution in [-0.4, -0.2) is 25.2 Å². The first kappa shape index (κ1) is 15.0. The lowest BCUT2D eigenvalue weighted by Gasteiger charge is -2.06. The van der Waals surface area contributed by atoms with Crippen molar-refractivity contribution in [1.29, 1.82) is 0 Å². The van der Waals surface area contributed by atoms with Crippen molar-refractivity contribution in [3.63, 3.8) is 0 Å². The van der Waals surface area contributed by atoms with E-state index in [1.807, 2.05) is 31.2 Å². The minimum absolute atomic E-state index is 0.0886. The number of benzene rings is 1. The number of aryl methyl sites for hydroxylation is 1. The van der Waals surface area contributed by atoms with Crippen molar-refractivity contribution in [3.8, 4) is 0 Å². The van der Waals surface area contributed by atoms with Crippen molar-refractivity contribution in [1.82, 2.24) is 0 Å². The molecular weight excluding hydrogens is 244 g/mol. The minimum Gasteiger partial charge on any atom is -0.462 e. The smallest absolute Gasteiger partial charge is 0.345 e. The highest BCUT2D eigenvalue weighted by molar-refractivity contribution is 6.17. The lowest BCUT2D eigenvalue weighted by molar-refractivity contribution is -0.146. The number of carbonyl (C=O) groups is 2. The van der Waals surface area contributed by atoms with Crippen molar-refractivity contribution in [3.05, 3.63) is 41.0 Å². The number of carbonyl (C=O) groups excluding carboxylic acids is 2. The Labute approximate surface area is 113 Å². The summed E-state index contributed by atoms with van der Waals surface area (Å²) < 4.78 is 9.73. The van der Waals surface area contributed by atoms with E-state index in [0.717, 1.165) is 11.1 Å². The Balaban J connectivity index is 3.08. The zero-order chi connectivity index (χ0) is 14.3. The summed E-state index contributed by atoms with van der Waals surface area (Å²) >= 11 is 0. The maximum Gasteiger partial charge on any atom is 0.345 e. The Morgan fingerprint density at radius 2 is 1.68 bits per heavy atom. The second kappa shape index (κ2) is 7.36. The molecule has 19 heavy (non-hydrogen) atoms. The number of rotatable bonds is 5. The highest BCUT2D eigenvalue weighted by Crippen LogP contribution is 2.12. The Kier molecular flexibility index (Phi) is 5.79. The highest BCUT2D eigenvalue weighted by atomic mass is 16.6. The molecule has 0 bridgehead atoms.